The summed E-state index contributed by atoms with van der Waals surface area (Å²) >= 11 is 0.216. The van der Waals surface area contributed by atoms with Crippen LogP contribution in [0, 0.1) is 5.92 Å². The number of hydrogen-bond acceptors (Lipinski definition) is 5. The van der Waals surface area contributed by atoms with Crippen molar-refractivity contribution in [1.82, 2.24) is 4.98 Å². The second-order valence-electron chi connectivity index (χ2n) is 6.76. The van der Waals surface area contributed by atoms with Crippen molar-refractivity contribution >= 4 is 49.4 Å². The maximum absolute atomic E-state index is 12.9. The van der Waals surface area contributed by atoms with E-state index in [4.69, 9.17) is 0 Å². The number of aromatic nitrogens is 1. The van der Waals surface area contributed by atoms with Gasteiger partial charge in [0.05, 0.1) is 0 Å². The van der Waals surface area contributed by atoms with Crippen LogP contribution in [0.2, 0.25) is 0 Å². The number of hydrogen-bond donors (Lipinski definition) is 1. The Morgan fingerprint density at radius 2 is 2.00 bits per heavy atom. The van der Waals surface area contributed by atoms with E-state index < -0.39 is 22.7 Å². The monoisotopic (exact) mass is 454 g/mol. The van der Waals surface area contributed by atoms with Crippen LogP contribution >= 0.6 is 11.3 Å². The average molecular weight is 454 g/mol. The molecule has 1 aromatic heterocycles. The molecule has 26 heavy (non-hydrogen) atoms. The Hall–Kier alpha value is -1.17. The van der Waals surface area contributed by atoms with Crippen molar-refractivity contribution in [2.24, 2.45) is 5.92 Å². The normalized spacial score (nSPS) is 17.0. The molecule has 1 aromatic carbocycles. The molecule has 3 rings (SSSR count). The summed E-state index contributed by atoms with van der Waals surface area (Å²) in [5.41, 5.74) is 0.954. The first-order chi connectivity index (χ1) is 12.4. The van der Waals surface area contributed by atoms with Crippen molar-refractivity contribution in [2.45, 2.75) is 38.0 Å². The molecular weight excluding hydrogens is 431 g/mol. The van der Waals surface area contributed by atoms with Crippen molar-refractivity contribution in [2.75, 3.05) is 11.6 Å². The minimum atomic E-state index is -2.94. The second-order valence-corrected chi connectivity index (χ2v) is 16.6. The van der Waals surface area contributed by atoms with Crippen molar-refractivity contribution in [1.29, 1.82) is 0 Å². The average Bonchev–Trinajstić information content (AvgIpc) is 3.25. The molecule has 140 valence electrons. The molecule has 0 saturated heterocycles. The Morgan fingerprint density at radius 1 is 1.31 bits per heavy atom. The first-order valence-corrected chi connectivity index (χ1v) is 15.1. The van der Waals surface area contributed by atoms with Crippen LogP contribution in [0.5, 0.6) is 0 Å². The molecule has 1 N–H and O–H groups in total. The number of rotatable bonds is 7. The number of anilines is 1. The number of carbonyl (C=O) groups is 1. The summed E-state index contributed by atoms with van der Waals surface area (Å²) in [7, 11) is -2.94. The molecule has 0 radical (unpaired) electrons. The van der Waals surface area contributed by atoms with E-state index in [1.807, 2.05) is 29.6 Å². The molecule has 8 heteroatoms. The molecular formula is C18H23AsN2O3S2. The molecule has 1 aliphatic carbocycles. The summed E-state index contributed by atoms with van der Waals surface area (Å²) in [4.78, 5) is 17.0. The topological polar surface area (TPSA) is 76.1 Å². The molecule has 1 heterocycles. The number of nitrogens with zero attached hydrogens (tertiary/aromatic N) is 1. The molecule has 5 nitrogen and oxygen atoms in total. The zero-order valence-corrected chi connectivity index (χ0v) is 18.4. The molecule has 2 atom stereocenters. The van der Waals surface area contributed by atoms with Crippen LogP contribution in [0.25, 0.3) is 0 Å². The molecule has 0 spiro atoms. The zero-order chi connectivity index (χ0) is 18.6. The number of carbonyl (C=O) groups excluding carboxylic acids is 1. The van der Waals surface area contributed by atoms with Crippen molar-refractivity contribution < 1.29 is 13.2 Å². The Kier molecular flexibility index (Phi) is 6.54. The molecule has 0 bridgehead atoms. The van der Waals surface area contributed by atoms with Crippen LogP contribution in [0.15, 0.2) is 35.8 Å². The summed E-state index contributed by atoms with van der Waals surface area (Å²) in [5, 5.41) is 5.38. The van der Waals surface area contributed by atoms with E-state index in [1.165, 1.54) is 43.3 Å². The summed E-state index contributed by atoms with van der Waals surface area (Å²) < 4.78 is 23.9. The summed E-state index contributed by atoms with van der Waals surface area (Å²) in [6.45, 7) is 0. The Morgan fingerprint density at radius 3 is 2.58 bits per heavy atom. The van der Waals surface area contributed by atoms with Gasteiger partial charge >= 0.3 is 165 Å². The van der Waals surface area contributed by atoms with Crippen LogP contribution in [-0.4, -0.2) is 40.2 Å². The first-order valence-electron chi connectivity index (χ1n) is 8.69. The van der Waals surface area contributed by atoms with Gasteiger partial charge in [-0.05, 0) is 0 Å². The van der Waals surface area contributed by atoms with E-state index in [0.717, 1.165) is 16.3 Å². The van der Waals surface area contributed by atoms with Gasteiger partial charge in [-0.3, -0.25) is 0 Å². The van der Waals surface area contributed by atoms with E-state index >= 15 is 0 Å². The molecule has 0 aliphatic heterocycles. The Balaban J connectivity index is 1.78. The number of thiazole rings is 1. The Bertz CT molecular complexity index is 830. The van der Waals surface area contributed by atoms with Crippen LogP contribution in [-0.2, 0) is 12.9 Å². The van der Waals surface area contributed by atoms with Gasteiger partial charge in [-0.15, -0.1) is 0 Å². The third kappa shape index (κ3) is 5.66. The van der Waals surface area contributed by atoms with Crippen molar-refractivity contribution in [3.8, 4) is 0 Å². The second kappa shape index (κ2) is 8.68. The fraction of sp³-hybridized carbons (Fsp3) is 0.444. The summed E-state index contributed by atoms with van der Waals surface area (Å²) in [6.07, 6.45) is 8.63. The third-order valence-electron chi connectivity index (χ3n) is 4.64. The molecule has 1 fully saturated rings. The van der Waals surface area contributed by atoms with E-state index in [9.17, 15) is 13.2 Å². The van der Waals surface area contributed by atoms with Gasteiger partial charge in [0.2, 0.25) is 0 Å². The quantitative estimate of drug-likeness (QED) is 0.653. The molecule has 1 amide bonds. The SMILES string of the molecule is CS(=O)(=O)[AsH]c1ccc(C(CC2CCCC2)C(=O)Nc2nccs2)cc1. The van der Waals surface area contributed by atoms with Gasteiger partial charge < -0.3 is 0 Å². The van der Waals surface area contributed by atoms with E-state index in [0.29, 0.717) is 11.0 Å². The van der Waals surface area contributed by atoms with E-state index in [-0.39, 0.29) is 11.8 Å². The van der Waals surface area contributed by atoms with Crippen molar-refractivity contribution in [3.05, 3.63) is 41.4 Å². The van der Waals surface area contributed by atoms with Crippen molar-refractivity contribution in [3.63, 3.8) is 0 Å². The number of nitrogens with one attached hydrogen (secondary N) is 1. The van der Waals surface area contributed by atoms with Crippen LogP contribution < -0.4 is 9.67 Å². The summed E-state index contributed by atoms with van der Waals surface area (Å²) in [6, 6.07) is 7.58. The molecule has 2 aromatic rings. The Labute approximate surface area is 164 Å². The van der Waals surface area contributed by atoms with Gasteiger partial charge in [0.1, 0.15) is 0 Å². The van der Waals surface area contributed by atoms with Gasteiger partial charge in [-0.1, -0.05) is 0 Å². The van der Waals surface area contributed by atoms with E-state index in [1.54, 1.807) is 6.20 Å². The molecule has 1 aliphatic rings. The zero-order valence-electron chi connectivity index (χ0n) is 14.6. The molecule has 1 saturated carbocycles. The summed E-state index contributed by atoms with van der Waals surface area (Å²) in [5.74, 6) is 0.319. The first kappa shape index (κ1) is 19.6. The third-order valence-corrected chi connectivity index (χ3v) is 10.5. The standard InChI is InChI=1S/C18H23AsN2O3S2/c1-26(23,24)19-15-8-6-14(7-9-15)16(12-13-4-2-3-5-13)17(22)21-18-20-10-11-25-18/h6-11,13,16,19H,2-5,12H2,1H3,(H,20,21,22). The number of amides is 1. The van der Waals surface area contributed by atoms with E-state index in [2.05, 4.69) is 10.3 Å². The molecule has 2 unspecified atom stereocenters. The van der Waals surface area contributed by atoms with Crippen LogP contribution in [0.3, 0.4) is 0 Å². The van der Waals surface area contributed by atoms with Gasteiger partial charge in [0.25, 0.3) is 0 Å². The fourth-order valence-corrected chi connectivity index (χ4v) is 8.45. The van der Waals surface area contributed by atoms with Gasteiger partial charge in [0.15, 0.2) is 0 Å². The predicted octanol–water partition coefficient (Wildman–Crippen LogP) is 2.47. The minimum absolute atomic E-state index is 0.0290. The predicted molar refractivity (Wildman–Crippen MR) is 108 cm³/mol. The van der Waals surface area contributed by atoms with Gasteiger partial charge in [0, 0.05) is 0 Å². The van der Waals surface area contributed by atoms with Gasteiger partial charge in [-0.25, -0.2) is 0 Å². The number of benzene rings is 1. The van der Waals surface area contributed by atoms with Crippen LogP contribution in [0.4, 0.5) is 5.13 Å². The van der Waals surface area contributed by atoms with Gasteiger partial charge in [-0.2, -0.15) is 0 Å². The maximum atomic E-state index is 12.9. The van der Waals surface area contributed by atoms with Crippen LogP contribution in [0.1, 0.15) is 43.6 Å². The fourth-order valence-electron chi connectivity index (χ4n) is 3.45.